The zero-order valence-corrected chi connectivity index (χ0v) is 13.1. The van der Waals surface area contributed by atoms with Crippen LogP contribution in [0.3, 0.4) is 0 Å². The second-order valence-corrected chi connectivity index (χ2v) is 6.64. The summed E-state index contributed by atoms with van der Waals surface area (Å²) >= 11 is 5.27. The van der Waals surface area contributed by atoms with Crippen molar-refractivity contribution in [2.75, 3.05) is 7.05 Å². The van der Waals surface area contributed by atoms with E-state index in [1.54, 1.807) is 11.3 Å². The fraction of sp³-hybridized carbons (Fsp3) is 0.333. The zero-order valence-electron chi connectivity index (χ0n) is 10.7. The molecule has 19 heavy (non-hydrogen) atoms. The molecule has 0 bridgehead atoms. The van der Waals surface area contributed by atoms with Crippen LogP contribution >= 0.6 is 27.3 Å². The molecule has 0 saturated heterocycles. The smallest absolute Gasteiger partial charge is 0.120 e. The van der Waals surface area contributed by atoms with Gasteiger partial charge in [-0.2, -0.15) is 0 Å². The highest BCUT2D eigenvalue weighted by atomic mass is 79.9. The maximum atomic E-state index is 5.87. The molecular formula is C15H16BrNOS. The fourth-order valence-electron chi connectivity index (χ4n) is 2.10. The lowest BCUT2D eigenvalue weighted by Crippen LogP contribution is -2.16. The van der Waals surface area contributed by atoms with E-state index in [2.05, 4.69) is 50.9 Å². The summed E-state index contributed by atoms with van der Waals surface area (Å²) in [7, 11) is 1.99. The van der Waals surface area contributed by atoms with Gasteiger partial charge in [0.2, 0.25) is 0 Å². The molecule has 4 heteroatoms. The van der Waals surface area contributed by atoms with Crippen molar-refractivity contribution in [2.24, 2.45) is 0 Å². The van der Waals surface area contributed by atoms with Gasteiger partial charge in [-0.3, -0.25) is 0 Å². The Morgan fingerprint density at radius 2 is 2.21 bits per heavy atom. The van der Waals surface area contributed by atoms with Crippen molar-refractivity contribution < 1.29 is 4.74 Å². The molecule has 2 nitrogen and oxygen atoms in total. The topological polar surface area (TPSA) is 21.3 Å². The number of thiophene rings is 1. The molecule has 1 fully saturated rings. The summed E-state index contributed by atoms with van der Waals surface area (Å²) in [5.74, 6) is 0.982. The Kier molecular flexibility index (Phi) is 3.91. The first-order valence-corrected chi connectivity index (χ1v) is 8.11. The second kappa shape index (κ2) is 5.65. The number of hydrogen-bond donors (Lipinski definition) is 1. The Bertz CT molecular complexity index is 565. The van der Waals surface area contributed by atoms with Crippen LogP contribution < -0.4 is 10.1 Å². The summed E-state index contributed by atoms with van der Waals surface area (Å²) < 4.78 is 7.01. The van der Waals surface area contributed by atoms with Crippen molar-refractivity contribution >= 4 is 27.3 Å². The summed E-state index contributed by atoms with van der Waals surface area (Å²) in [5.41, 5.74) is 1.25. The van der Waals surface area contributed by atoms with Crippen molar-refractivity contribution in [2.45, 2.75) is 25.0 Å². The van der Waals surface area contributed by atoms with E-state index in [4.69, 9.17) is 4.74 Å². The molecular weight excluding hydrogens is 322 g/mol. The van der Waals surface area contributed by atoms with E-state index in [0.717, 1.165) is 10.2 Å². The average molecular weight is 338 g/mol. The monoisotopic (exact) mass is 337 g/mol. The van der Waals surface area contributed by atoms with Crippen LogP contribution in [-0.4, -0.2) is 13.2 Å². The maximum absolute atomic E-state index is 5.87. The Labute approximate surface area is 125 Å². The van der Waals surface area contributed by atoms with Gasteiger partial charge in [0.15, 0.2) is 0 Å². The van der Waals surface area contributed by atoms with Gasteiger partial charge in [-0.05, 0) is 59.6 Å². The third kappa shape index (κ3) is 3.19. The van der Waals surface area contributed by atoms with Crippen LogP contribution in [0, 0.1) is 0 Å². The first-order valence-electron chi connectivity index (χ1n) is 6.44. The van der Waals surface area contributed by atoms with Crippen LogP contribution in [0.25, 0.3) is 0 Å². The van der Waals surface area contributed by atoms with E-state index in [0.29, 0.717) is 6.10 Å². The van der Waals surface area contributed by atoms with Crippen molar-refractivity contribution in [3.8, 4) is 5.75 Å². The zero-order chi connectivity index (χ0) is 13.2. The minimum atomic E-state index is 0.221. The normalized spacial score (nSPS) is 16.3. The first-order chi connectivity index (χ1) is 9.26. The second-order valence-electron chi connectivity index (χ2n) is 4.78. The summed E-state index contributed by atoms with van der Waals surface area (Å²) in [6, 6.07) is 10.8. The molecule has 1 aliphatic rings. The number of hydrogen-bond acceptors (Lipinski definition) is 3. The fourth-order valence-corrected chi connectivity index (χ4v) is 3.68. The van der Waals surface area contributed by atoms with E-state index >= 15 is 0 Å². The van der Waals surface area contributed by atoms with Crippen LogP contribution in [0.1, 0.15) is 29.3 Å². The molecule has 1 N–H and O–H groups in total. The molecule has 1 aromatic carbocycles. The van der Waals surface area contributed by atoms with Crippen LogP contribution in [0.5, 0.6) is 5.75 Å². The van der Waals surface area contributed by atoms with E-state index < -0.39 is 0 Å². The number of rotatable bonds is 5. The summed E-state index contributed by atoms with van der Waals surface area (Å²) in [6.45, 7) is 0. The highest BCUT2D eigenvalue weighted by molar-refractivity contribution is 9.10. The van der Waals surface area contributed by atoms with Crippen molar-refractivity contribution in [3.05, 3.63) is 50.6 Å². The standard InChI is InChI=1S/C15H16BrNOS/c1-17-15(14-8-11(16)9-19-14)10-3-2-4-13(7-10)18-12-5-6-12/h2-4,7-9,12,15,17H,5-6H2,1H3. The predicted octanol–water partition coefficient (Wildman–Crippen LogP) is 4.36. The quantitative estimate of drug-likeness (QED) is 0.875. The predicted molar refractivity (Wildman–Crippen MR) is 83.0 cm³/mol. The van der Waals surface area contributed by atoms with Crippen molar-refractivity contribution in [1.29, 1.82) is 0 Å². The minimum absolute atomic E-state index is 0.221. The molecule has 0 aliphatic heterocycles. The minimum Gasteiger partial charge on any atom is -0.490 e. The third-order valence-electron chi connectivity index (χ3n) is 3.18. The lowest BCUT2D eigenvalue weighted by molar-refractivity contribution is 0.302. The molecule has 0 spiro atoms. The molecule has 1 atom stereocenters. The molecule has 3 rings (SSSR count). The van der Waals surface area contributed by atoms with Gasteiger partial charge >= 0.3 is 0 Å². The van der Waals surface area contributed by atoms with E-state index in [1.165, 1.54) is 23.3 Å². The largest absolute Gasteiger partial charge is 0.490 e. The molecule has 0 radical (unpaired) electrons. The van der Waals surface area contributed by atoms with Crippen LogP contribution in [0.15, 0.2) is 40.2 Å². The Hall–Kier alpha value is -0.840. The van der Waals surface area contributed by atoms with Gasteiger partial charge in [0.1, 0.15) is 5.75 Å². The molecule has 1 heterocycles. The first kappa shape index (κ1) is 13.2. The maximum Gasteiger partial charge on any atom is 0.120 e. The number of halogens is 1. The number of nitrogens with one attached hydrogen (secondary N) is 1. The summed E-state index contributed by atoms with van der Waals surface area (Å²) in [4.78, 5) is 1.30. The average Bonchev–Trinajstić information content (AvgIpc) is 3.12. The Balaban J connectivity index is 1.85. The molecule has 1 aliphatic carbocycles. The van der Waals surface area contributed by atoms with Gasteiger partial charge in [0, 0.05) is 14.7 Å². The number of benzene rings is 1. The van der Waals surface area contributed by atoms with Gasteiger partial charge in [-0.25, -0.2) is 0 Å². The highest BCUT2D eigenvalue weighted by Crippen LogP contribution is 2.33. The summed E-state index contributed by atoms with van der Waals surface area (Å²) in [6.07, 6.45) is 2.83. The molecule has 1 aromatic heterocycles. The molecule has 0 amide bonds. The van der Waals surface area contributed by atoms with Crippen LogP contribution in [0.2, 0.25) is 0 Å². The molecule has 100 valence electrons. The van der Waals surface area contributed by atoms with Gasteiger partial charge < -0.3 is 10.1 Å². The van der Waals surface area contributed by atoms with E-state index in [9.17, 15) is 0 Å². The lowest BCUT2D eigenvalue weighted by Gasteiger charge is -2.16. The Morgan fingerprint density at radius 1 is 1.37 bits per heavy atom. The highest BCUT2D eigenvalue weighted by Gasteiger charge is 2.24. The number of ether oxygens (including phenoxy) is 1. The lowest BCUT2D eigenvalue weighted by atomic mass is 10.1. The summed E-state index contributed by atoms with van der Waals surface area (Å²) in [5, 5.41) is 5.49. The van der Waals surface area contributed by atoms with Gasteiger partial charge in [0.25, 0.3) is 0 Å². The van der Waals surface area contributed by atoms with Crippen LogP contribution in [-0.2, 0) is 0 Å². The Morgan fingerprint density at radius 3 is 2.84 bits per heavy atom. The van der Waals surface area contributed by atoms with Crippen molar-refractivity contribution in [1.82, 2.24) is 5.32 Å². The SMILES string of the molecule is CNC(c1cccc(OC2CC2)c1)c1cc(Br)cs1. The van der Waals surface area contributed by atoms with E-state index in [1.807, 2.05) is 13.1 Å². The van der Waals surface area contributed by atoms with Gasteiger partial charge in [-0.15, -0.1) is 11.3 Å². The van der Waals surface area contributed by atoms with Crippen LogP contribution in [0.4, 0.5) is 0 Å². The molecule has 1 saturated carbocycles. The van der Waals surface area contributed by atoms with Gasteiger partial charge in [-0.1, -0.05) is 12.1 Å². The third-order valence-corrected chi connectivity index (χ3v) is 4.94. The molecule has 2 aromatic rings. The molecule has 1 unspecified atom stereocenters. The van der Waals surface area contributed by atoms with Gasteiger partial charge in [0.05, 0.1) is 12.1 Å². The van der Waals surface area contributed by atoms with Crippen molar-refractivity contribution in [3.63, 3.8) is 0 Å². The van der Waals surface area contributed by atoms with E-state index in [-0.39, 0.29) is 6.04 Å².